The molecule has 1 aromatic heterocycles. The van der Waals surface area contributed by atoms with Crippen LogP contribution in [0.5, 0.6) is 0 Å². The standard InChI is InChI=1S/C23H22F2N4O3S/c24-18-5-1-16(2-6-18)11-28(12-17-3-7-19(25)8-4-17)15-26-20-9-10-29(23(31)27-20)21-14-33-22(13-30)32-21/h1-10,15,21-22,30H,11-14H2/t21-,22+/m1/s1. The molecule has 2 aromatic carbocycles. The van der Waals surface area contributed by atoms with Crippen LogP contribution in [0, 0.1) is 11.6 Å². The summed E-state index contributed by atoms with van der Waals surface area (Å²) in [4.78, 5) is 22.7. The van der Waals surface area contributed by atoms with Crippen LogP contribution < -0.4 is 5.69 Å². The molecule has 1 fully saturated rings. The Kier molecular flexibility index (Phi) is 7.48. The van der Waals surface area contributed by atoms with E-state index in [1.807, 2.05) is 4.90 Å². The monoisotopic (exact) mass is 472 g/mol. The first kappa shape index (κ1) is 23.1. The molecule has 0 spiro atoms. The SMILES string of the molecule is O=c1nc(N=CN(Cc2ccc(F)cc2)Cc2ccc(F)cc2)ccn1[C@H]1CS[C@@H](CO)O1. The van der Waals surface area contributed by atoms with Gasteiger partial charge in [0.1, 0.15) is 23.3 Å². The molecule has 33 heavy (non-hydrogen) atoms. The van der Waals surface area contributed by atoms with Crippen molar-refractivity contribution in [1.29, 1.82) is 0 Å². The lowest BCUT2D eigenvalue weighted by Gasteiger charge is -2.20. The zero-order valence-corrected chi connectivity index (χ0v) is 18.4. The summed E-state index contributed by atoms with van der Waals surface area (Å²) in [6.45, 7) is 0.728. The lowest BCUT2D eigenvalue weighted by molar-refractivity contribution is -0.00630. The number of thioether (sulfide) groups is 1. The summed E-state index contributed by atoms with van der Waals surface area (Å²) in [6.07, 6.45) is 2.64. The van der Waals surface area contributed by atoms with Crippen LogP contribution in [-0.4, -0.2) is 43.7 Å². The Labute approximate surface area is 193 Å². The van der Waals surface area contributed by atoms with E-state index in [9.17, 15) is 18.7 Å². The first-order valence-corrected chi connectivity index (χ1v) is 11.3. The van der Waals surface area contributed by atoms with Crippen LogP contribution in [0.1, 0.15) is 17.4 Å². The number of nitrogens with zero attached hydrogens (tertiary/aromatic N) is 4. The number of aromatic nitrogens is 2. The summed E-state index contributed by atoms with van der Waals surface area (Å²) >= 11 is 1.43. The van der Waals surface area contributed by atoms with Crippen molar-refractivity contribution in [3.8, 4) is 0 Å². The molecule has 0 aliphatic carbocycles. The molecule has 172 valence electrons. The van der Waals surface area contributed by atoms with Crippen LogP contribution in [0.15, 0.2) is 70.6 Å². The van der Waals surface area contributed by atoms with Crippen LogP contribution in [0.4, 0.5) is 14.6 Å². The van der Waals surface area contributed by atoms with Gasteiger partial charge < -0.3 is 14.7 Å². The molecule has 1 N–H and O–H groups in total. The van der Waals surface area contributed by atoms with Gasteiger partial charge in [0.15, 0.2) is 5.82 Å². The number of halogens is 2. The van der Waals surface area contributed by atoms with Gasteiger partial charge in [0, 0.05) is 25.0 Å². The molecule has 2 heterocycles. The molecule has 2 atom stereocenters. The number of hydrogen-bond donors (Lipinski definition) is 1. The van der Waals surface area contributed by atoms with E-state index < -0.39 is 11.9 Å². The van der Waals surface area contributed by atoms with E-state index in [1.165, 1.54) is 40.6 Å². The van der Waals surface area contributed by atoms with Crippen molar-refractivity contribution in [2.45, 2.75) is 24.8 Å². The largest absolute Gasteiger partial charge is 0.393 e. The predicted octanol–water partition coefficient (Wildman–Crippen LogP) is 3.46. The summed E-state index contributed by atoms with van der Waals surface area (Å²) in [5.74, 6) is 0.122. The number of ether oxygens (including phenoxy) is 1. The molecule has 0 unspecified atom stereocenters. The molecule has 1 saturated heterocycles. The van der Waals surface area contributed by atoms with Gasteiger partial charge in [-0.1, -0.05) is 24.3 Å². The van der Waals surface area contributed by atoms with E-state index in [4.69, 9.17) is 4.74 Å². The quantitative estimate of drug-likeness (QED) is 0.400. The predicted molar refractivity (Wildman–Crippen MR) is 122 cm³/mol. The van der Waals surface area contributed by atoms with E-state index in [0.29, 0.717) is 18.8 Å². The van der Waals surface area contributed by atoms with Crippen molar-refractivity contribution in [2.24, 2.45) is 4.99 Å². The Morgan fingerprint density at radius 1 is 1.09 bits per heavy atom. The van der Waals surface area contributed by atoms with Crippen LogP contribution in [0.25, 0.3) is 0 Å². The fourth-order valence-corrected chi connectivity index (χ4v) is 4.24. The van der Waals surface area contributed by atoms with Gasteiger partial charge >= 0.3 is 5.69 Å². The second-order valence-electron chi connectivity index (χ2n) is 7.41. The van der Waals surface area contributed by atoms with Crippen LogP contribution in [0.2, 0.25) is 0 Å². The molecule has 4 rings (SSSR count). The highest BCUT2D eigenvalue weighted by molar-refractivity contribution is 8.00. The maximum atomic E-state index is 13.3. The highest BCUT2D eigenvalue weighted by Gasteiger charge is 2.27. The van der Waals surface area contributed by atoms with Crippen molar-refractivity contribution >= 4 is 23.9 Å². The van der Waals surface area contributed by atoms with Gasteiger partial charge in [-0.25, -0.2) is 18.6 Å². The number of aliphatic imine (C=N–C) groups is 1. The van der Waals surface area contributed by atoms with Crippen LogP contribution >= 0.6 is 11.8 Å². The Bertz CT molecular complexity index is 1110. The third-order valence-corrected chi connectivity index (χ3v) is 6.07. The topological polar surface area (TPSA) is 80.0 Å². The Morgan fingerprint density at radius 2 is 1.70 bits per heavy atom. The molecule has 0 saturated carbocycles. The van der Waals surface area contributed by atoms with Crippen molar-refractivity contribution in [2.75, 3.05) is 12.4 Å². The zero-order valence-electron chi connectivity index (χ0n) is 17.6. The molecule has 1 aliphatic rings. The summed E-state index contributed by atoms with van der Waals surface area (Å²) in [5, 5.41) is 9.19. The van der Waals surface area contributed by atoms with Gasteiger partial charge in [-0.3, -0.25) is 4.57 Å². The number of aliphatic hydroxyl groups is 1. The first-order chi connectivity index (χ1) is 16.0. The van der Waals surface area contributed by atoms with Crippen LogP contribution in [0.3, 0.4) is 0 Å². The van der Waals surface area contributed by atoms with Crippen molar-refractivity contribution in [3.63, 3.8) is 0 Å². The second kappa shape index (κ2) is 10.7. The van der Waals surface area contributed by atoms with E-state index >= 15 is 0 Å². The highest BCUT2D eigenvalue weighted by Crippen LogP contribution is 2.30. The van der Waals surface area contributed by atoms with Gasteiger partial charge in [0.25, 0.3) is 0 Å². The Morgan fingerprint density at radius 3 is 2.21 bits per heavy atom. The minimum Gasteiger partial charge on any atom is -0.393 e. The van der Waals surface area contributed by atoms with Crippen LogP contribution in [-0.2, 0) is 17.8 Å². The average molecular weight is 473 g/mol. The van der Waals surface area contributed by atoms with E-state index in [1.54, 1.807) is 42.9 Å². The molecule has 3 aromatic rings. The van der Waals surface area contributed by atoms with Gasteiger partial charge in [-0.15, -0.1) is 11.8 Å². The molecule has 10 heteroatoms. The minimum atomic E-state index is -0.502. The summed E-state index contributed by atoms with van der Waals surface area (Å²) < 4.78 is 33.5. The minimum absolute atomic E-state index is 0.121. The van der Waals surface area contributed by atoms with Gasteiger partial charge in [-0.2, -0.15) is 4.98 Å². The van der Waals surface area contributed by atoms with Crippen molar-refractivity contribution in [1.82, 2.24) is 14.5 Å². The van der Waals surface area contributed by atoms with E-state index in [0.717, 1.165) is 11.1 Å². The third-order valence-electron chi connectivity index (χ3n) is 4.96. The molecule has 7 nitrogen and oxygen atoms in total. The molecular weight excluding hydrogens is 450 g/mol. The summed E-state index contributed by atoms with van der Waals surface area (Å²) in [5.41, 5.74) is 0.869. The summed E-state index contributed by atoms with van der Waals surface area (Å²) in [6, 6.07) is 13.9. The number of hydrogen-bond acceptors (Lipinski definition) is 6. The Balaban J connectivity index is 1.51. The molecular formula is C23H22F2N4O3S. The second-order valence-corrected chi connectivity index (χ2v) is 8.61. The first-order valence-electron chi connectivity index (χ1n) is 10.2. The fraction of sp³-hybridized carbons (Fsp3) is 0.261. The van der Waals surface area contributed by atoms with E-state index in [-0.39, 0.29) is 29.5 Å². The normalized spacial score (nSPS) is 18.2. The maximum absolute atomic E-state index is 13.3. The lowest BCUT2D eigenvalue weighted by Crippen LogP contribution is -2.28. The molecule has 0 radical (unpaired) electrons. The molecule has 1 aliphatic heterocycles. The number of aliphatic hydroxyl groups excluding tert-OH is 1. The smallest absolute Gasteiger partial charge is 0.351 e. The third kappa shape index (κ3) is 6.25. The average Bonchev–Trinajstić information content (AvgIpc) is 3.29. The van der Waals surface area contributed by atoms with Gasteiger partial charge in [0.05, 0.1) is 12.9 Å². The maximum Gasteiger partial charge on any atom is 0.351 e. The zero-order chi connectivity index (χ0) is 23.2. The van der Waals surface area contributed by atoms with Gasteiger partial charge in [-0.05, 0) is 41.5 Å². The number of rotatable bonds is 8. The van der Waals surface area contributed by atoms with Crippen molar-refractivity contribution in [3.05, 3.63) is 94.0 Å². The summed E-state index contributed by atoms with van der Waals surface area (Å²) in [7, 11) is 0. The molecule has 0 bridgehead atoms. The lowest BCUT2D eigenvalue weighted by atomic mass is 10.2. The van der Waals surface area contributed by atoms with Crippen molar-refractivity contribution < 1.29 is 18.6 Å². The Hall–Kier alpha value is -3.08. The van der Waals surface area contributed by atoms with E-state index in [2.05, 4.69) is 9.98 Å². The van der Waals surface area contributed by atoms with Gasteiger partial charge in [0.2, 0.25) is 0 Å². The number of benzene rings is 2. The molecule has 0 amide bonds. The fourth-order valence-electron chi connectivity index (χ4n) is 3.31. The highest BCUT2D eigenvalue weighted by atomic mass is 32.2.